The minimum Gasteiger partial charge on any atom is -0.316 e. The van der Waals surface area contributed by atoms with Crippen LogP contribution in [0.4, 0.5) is 0 Å². The second-order valence-electron chi connectivity index (χ2n) is 6.37. The molecule has 110 valence electrons. The lowest BCUT2D eigenvalue weighted by atomic mass is 10.00. The molecule has 1 N–H and O–H groups in total. The fourth-order valence-electron chi connectivity index (χ4n) is 3.53. The molecule has 0 spiro atoms. The summed E-state index contributed by atoms with van der Waals surface area (Å²) in [6, 6.07) is 11.6. The van der Waals surface area contributed by atoms with E-state index in [9.17, 15) is 0 Å². The first-order valence-electron chi connectivity index (χ1n) is 8.01. The van der Waals surface area contributed by atoms with Crippen LogP contribution in [0.5, 0.6) is 0 Å². The summed E-state index contributed by atoms with van der Waals surface area (Å²) in [6.45, 7) is 7.26. The number of nitrogens with zero attached hydrogens (tertiary/aromatic N) is 2. The van der Waals surface area contributed by atoms with Gasteiger partial charge in [-0.15, -0.1) is 0 Å². The van der Waals surface area contributed by atoms with E-state index in [0.29, 0.717) is 6.04 Å². The Kier molecular flexibility index (Phi) is 4.71. The number of piperazine rings is 1. The Bertz CT molecular complexity index is 400. The molecule has 0 bridgehead atoms. The predicted octanol–water partition coefficient (Wildman–Crippen LogP) is 1.97. The summed E-state index contributed by atoms with van der Waals surface area (Å²) in [5, 5.41) is 3.48. The maximum Gasteiger partial charge on any atom is 0.0475 e. The summed E-state index contributed by atoms with van der Waals surface area (Å²) in [4.78, 5) is 5.17. The van der Waals surface area contributed by atoms with Gasteiger partial charge in [-0.2, -0.15) is 0 Å². The Balaban J connectivity index is 1.63. The van der Waals surface area contributed by atoms with Gasteiger partial charge in [0.25, 0.3) is 0 Å². The van der Waals surface area contributed by atoms with Crippen LogP contribution in [-0.2, 0) is 0 Å². The van der Waals surface area contributed by atoms with Crippen LogP contribution in [0, 0.1) is 5.92 Å². The van der Waals surface area contributed by atoms with E-state index >= 15 is 0 Å². The van der Waals surface area contributed by atoms with E-state index in [4.69, 9.17) is 0 Å². The van der Waals surface area contributed by atoms with Crippen LogP contribution < -0.4 is 5.32 Å². The van der Waals surface area contributed by atoms with Gasteiger partial charge in [-0.25, -0.2) is 0 Å². The first kappa shape index (κ1) is 14.1. The van der Waals surface area contributed by atoms with Crippen molar-refractivity contribution >= 4 is 0 Å². The van der Waals surface area contributed by atoms with E-state index in [1.807, 2.05) is 0 Å². The zero-order valence-electron chi connectivity index (χ0n) is 12.6. The summed E-state index contributed by atoms with van der Waals surface area (Å²) in [7, 11) is 2.24. The van der Waals surface area contributed by atoms with E-state index < -0.39 is 0 Å². The SMILES string of the molecule is CN1CCN(CCC2CCNC2)C(c2ccccc2)C1. The van der Waals surface area contributed by atoms with E-state index in [1.165, 1.54) is 51.1 Å². The van der Waals surface area contributed by atoms with Gasteiger partial charge < -0.3 is 10.2 Å². The summed E-state index contributed by atoms with van der Waals surface area (Å²) in [5.74, 6) is 0.895. The van der Waals surface area contributed by atoms with Gasteiger partial charge in [0.05, 0.1) is 0 Å². The maximum atomic E-state index is 3.48. The molecule has 0 aliphatic carbocycles. The molecule has 2 saturated heterocycles. The molecule has 1 aromatic rings. The molecule has 0 amide bonds. The molecule has 20 heavy (non-hydrogen) atoms. The van der Waals surface area contributed by atoms with Crippen LogP contribution in [0.2, 0.25) is 0 Å². The van der Waals surface area contributed by atoms with Gasteiger partial charge in [-0.3, -0.25) is 4.90 Å². The average molecular weight is 273 g/mol. The largest absolute Gasteiger partial charge is 0.316 e. The van der Waals surface area contributed by atoms with Crippen molar-refractivity contribution in [3.8, 4) is 0 Å². The van der Waals surface area contributed by atoms with Crippen molar-refractivity contribution in [2.24, 2.45) is 5.92 Å². The number of hydrogen-bond acceptors (Lipinski definition) is 3. The Morgan fingerprint density at radius 3 is 2.80 bits per heavy atom. The average Bonchev–Trinajstić information content (AvgIpc) is 3.00. The smallest absolute Gasteiger partial charge is 0.0475 e. The highest BCUT2D eigenvalue weighted by molar-refractivity contribution is 5.20. The molecule has 2 fully saturated rings. The van der Waals surface area contributed by atoms with Crippen molar-refractivity contribution in [3.63, 3.8) is 0 Å². The van der Waals surface area contributed by atoms with Gasteiger partial charge in [-0.05, 0) is 51.0 Å². The van der Waals surface area contributed by atoms with Crippen LogP contribution in [0.25, 0.3) is 0 Å². The third kappa shape index (κ3) is 3.40. The molecular formula is C17H27N3. The van der Waals surface area contributed by atoms with E-state index in [-0.39, 0.29) is 0 Å². The van der Waals surface area contributed by atoms with Gasteiger partial charge >= 0.3 is 0 Å². The van der Waals surface area contributed by atoms with Crippen LogP contribution >= 0.6 is 0 Å². The van der Waals surface area contributed by atoms with Gasteiger partial charge in [0, 0.05) is 25.7 Å². The highest BCUT2D eigenvalue weighted by Crippen LogP contribution is 2.26. The molecule has 2 heterocycles. The fourth-order valence-corrected chi connectivity index (χ4v) is 3.53. The Labute approximate surface area is 123 Å². The molecule has 3 rings (SSSR count). The lowest BCUT2D eigenvalue weighted by Crippen LogP contribution is -2.47. The molecule has 3 nitrogen and oxygen atoms in total. The van der Waals surface area contributed by atoms with Gasteiger partial charge in [0.1, 0.15) is 0 Å². The molecule has 0 aromatic heterocycles. The highest BCUT2D eigenvalue weighted by atomic mass is 15.3. The monoisotopic (exact) mass is 273 g/mol. The molecule has 1 aromatic carbocycles. The number of hydrogen-bond donors (Lipinski definition) is 1. The normalized spacial score (nSPS) is 28.9. The van der Waals surface area contributed by atoms with Crippen molar-refractivity contribution in [2.75, 3.05) is 46.3 Å². The quantitative estimate of drug-likeness (QED) is 0.905. The number of nitrogens with one attached hydrogen (secondary N) is 1. The lowest BCUT2D eigenvalue weighted by molar-refractivity contribution is 0.0850. The van der Waals surface area contributed by atoms with Crippen molar-refractivity contribution < 1.29 is 0 Å². The summed E-state index contributed by atoms with van der Waals surface area (Å²) in [5.41, 5.74) is 1.48. The molecule has 2 aliphatic rings. The molecule has 2 aliphatic heterocycles. The van der Waals surface area contributed by atoms with Crippen molar-refractivity contribution in [1.29, 1.82) is 0 Å². The number of rotatable bonds is 4. The molecule has 2 unspecified atom stereocenters. The number of likely N-dealkylation sites (N-methyl/N-ethyl adjacent to an activating group) is 1. The van der Waals surface area contributed by atoms with Crippen LogP contribution in [0.15, 0.2) is 30.3 Å². The standard InChI is InChI=1S/C17H27N3/c1-19-11-12-20(10-8-15-7-9-18-13-15)17(14-19)16-5-3-2-4-6-16/h2-6,15,17-18H,7-14H2,1H3. The van der Waals surface area contributed by atoms with E-state index in [2.05, 4.69) is 52.5 Å². The zero-order chi connectivity index (χ0) is 13.8. The zero-order valence-corrected chi connectivity index (χ0v) is 12.6. The Morgan fingerprint density at radius 2 is 2.05 bits per heavy atom. The molecule has 0 radical (unpaired) electrons. The van der Waals surface area contributed by atoms with Crippen LogP contribution in [-0.4, -0.2) is 56.1 Å². The molecular weight excluding hydrogens is 246 g/mol. The Hall–Kier alpha value is -0.900. The first-order valence-corrected chi connectivity index (χ1v) is 8.01. The lowest BCUT2D eigenvalue weighted by Gasteiger charge is -2.40. The van der Waals surface area contributed by atoms with E-state index in [1.54, 1.807) is 0 Å². The van der Waals surface area contributed by atoms with Crippen molar-refractivity contribution in [3.05, 3.63) is 35.9 Å². The second kappa shape index (κ2) is 6.70. The first-order chi connectivity index (χ1) is 9.83. The predicted molar refractivity (Wildman–Crippen MR) is 83.8 cm³/mol. The topological polar surface area (TPSA) is 18.5 Å². The van der Waals surface area contributed by atoms with Gasteiger partial charge in [0.2, 0.25) is 0 Å². The van der Waals surface area contributed by atoms with Crippen molar-refractivity contribution in [1.82, 2.24) is 15.1 Å². The highest BCUT2D eigenvalue weighted by Gasteiger charge is 2.27. The van der Waals surface area contributed by atoms with Crippen LogP contribution in [0.3, 0.4) is 0 Å². The van der Waals surface area contributed by atoms with Gasteiger partial charge in [-0.1, -0.05) is 30.3 Å². The molecule has 0 saturated carbocycles. The van der Waals surface area contributed by atoms with Gasteiger partial charge in [0.15, 0.2) is 0 Å². The van der Waals surface area contributed by atoms with Crippen molar-refractivity contribution in [2.45, 2.75) is 18.9 Å². The summed E-state index contributed by atoms with van der Waals surface area (Å²) in [6.07, 6.45) is 2.71. The Morgan fingerprint density at radius 1 is 1.20 bits per heavy atom. The molecule has 3 heteroatoms. The minimum atomic E-state index is 0.573. The third-order valence-electron chi connectivity index (χ3n) is 4.87. The minimum absolute atomic E-state index is 0.573. The third-order valence-corrected chi connectivity index (χ3v) is 4.87. The second-order valence-corrected chi connectivity index (χ2v) is 6.37. The fraction of sp³-hybridized carbons (Fsp3) is 0.647. The number of benzene rings is 1. The summed E-state index contributed by atoms with van der Waals surface area (Å²) < 4.78 is 0. The molecule has 2 atom stereocenters. The van der Waals surface area contributed by atoms with E-state index in [0.717, 1.165) is 12.5 Å². The summed E-state index contributed by atoms with van der Waals surface area (Å²) >= 11 is 0. The van der Waals surface area contributed by atoms with Crippen LogP contribution in [0.1, 0.15) is 24.4 Å². The maximum absolute atomic E-state index is 3.48.